The van der Waals surface area contributed by atoms with Crippen LogP contribution in [-0.4, -0.2) is 38.6 Å². The SMILES string of the molecule is COc1ccc(CN(C)CC(=O)Nc2cc(F)ccc2F)c(OC)c1. The summed E-state index contributed by atoms with van der Waals surface area (Å²) in [6, 6.07) is 8.31. The quantitative estimate of drug-likeness (QED) is 0.834. The number of methoxy groups -OCH3 is 2. The Balaban J connectivity index is 1.99. The molecule has 0 saturated carbocycles. The van der Waals surface area contributed by atoms with Crippen LogP contribution in [0.2, 0.25) is 0 Å². The van der Waals surface area contributed by atoms with E-state index >= 15 is 0 Å². The molecule has 1 amide bonds. The van der Waals surface area contributed by atoms with Gasteiger partial charge >= 0.3 is 0 Å². The van der Waals surface area contributed by atoms with E-state index in [4.69, 9.17) is 9.47 Å². The van der Waals surface area contributed by atoms with Crippen LogP contribution in [-0.2, 0) is 11.3 Å². The average molecular weight is 350 g/mol. The lowest BCUT2D eigenvalue weighted by molar-refractivity contribution is -0.117. The van der Waals surface area contributed by atoms with Gasteiger partial charge in [0.2, 0.25) is 5.91 Å². The molecule has 5 nitrogen and oxygen atoms in total. The molecule has 1 N–H and O–H groups in total. The summed E-state index contributed by atoms with van der Waals surface area (Å²) in [7, 11) is 4.86. The molecular weight excluding hydrogens is 330 g/mol. The zero-order valence-electron chi connectivity index (χ0n) is 14.3. The molecule has 0 heterocycles. The van der Waals surface area contributed by atoms with Crippen LogP contribution in [0.5, 0.6) is 11.5 Å². The van der Waals surface area contributed by atoms with Gasteiger partial charge in [-0.3, -0.25) is 9.69 Å². The first-order valence-electron chi connectivity index (χ1n) is 7.57. The molecule has 0 atom stereocenters. The number of rotatable bonds is 7. The third-order valence-electron chi connectivity index (χ3n) is 3.55. The van der Waals surface area contributed by atoms with Gasteiger partial charge in [0.25, 0.3) is 0 Å². The van der Waals surface area contributed by atoms with Crippen LogP contribution < -0.4 is 14.8 Å². The molecule has 0 fully saturated rings. The highest BCUT2D eigenvalue weighted by molar-refractivity contribution is 5.92. The maximum atomic E-state index is 13.6. The molecule has 25 heavy (non-hydrogen) atoms. The minimum atomic E-state index is -0.686. The van der Waals surface area contributed by atoms with Crippen LogP contribution >= 0.6 is 0 Å². The fraction of sp³-hybridized carbons (Fsp3) is 0.278. The molecule has 0 unspecified atom stereocenters. The van der Waals surface area contributed by atoms with E-state index in [1.165, 1.54) is 0 Å². The van der Waals surface area contributed by atoms with Crippen LogP contribution in [0.3, 0.4) is 0 Å². The molecule has 0 aromatic heterocycles. The molecular formula is C18H20F2N2O3. The van der Waals surface area contributed by atoms with Gasteiger partial charge in [-0.15, -0.1) is 0 Å². The number of carbonyl (C=O) groups excluding carboxylic acids is 1. The summed E-state index contributed by atoms with van der Waals surface area (Å²) in [6.07, 6.45) is 0. The van der Waals surface area contributed by atoms with Gasteiger partial charge in [0.15, 0.2) is 0 Å². The monoisotopic (exact) mass is 350 g/mol. The largest absolute Gasteiger partial charge is 0.497 e. The predicted octanol–water partition coefficient (Wildman–Crippen LogP) is 3.05. The van der Waals surface area contributed by atoms with Gasteiger partial charge in [-0.25, -0.2) is 8.78 Å². The first-order valence-corrected chi connectivity index (χ1v) is 7.57. The summed E-state index contributed by atoms with van der Waals surface area (Å²) in [5.74, 6) is -0.438. The number of hydrogen-bond acceptors (Lipinski definition) is 4. The first-order chi connectivity index (χ1) is 11.9. The van der Waals surface area contributed by atoms with Crippen molar-refractivity contribution in [1.29, 1.82) is 0 Å². The molecule has 0 saturated heterocycles. The highest BCUT2D eigenvalue weighted by Crippen LogP contribution is 2.25. The molecule has 0 aliphatic heterocycles. The van der Waals surface area contributed by atoms with Crippen molar-refractivity contribution in [2.75, 3.05) is 33.1 Å². The Hall–Kier alpha value is -2.67. The Morgan fingerprint density at radius 2 is 1.88 bits per heavy atom. The van der Waals surface area contributed by atoms with Gasteiger partial charge < -0.3 is 14.8 Å². The van der Waals surface area contributed by atoms with Crippen molar-refractivity contribution in [3.05, 3.63) is 53.6 Å². The molecule has 134 valence electrons. The van der Waals surface area contributed by atoms with Gasteiger partial charge in [0, 0.05) is 24.2 Å². The summed E-state index contributed by atoms with van der Waals surface area (Å²) in [5, 5.41) is 2.37. The Morgan fingerprint density at radius 1 is 1.12 bits per heavy atom. The first kappa shape index (κ1) is 18.7. The molecule has 0 bridgehead atoms. The number of halogens is 2. The number of nitrogens with zero attached hydrogens (tertiary/aromatic N) is 1. The summed E-state index contributed by atoms with van der Waals surface area (Å²) in [5.41, 5.74) is 0.691. The summed E-state index contributed by atoms with van der Waals surface area (Å²) >= 11 is 0. The second-order valence-electron chi connectivity index (χ2n) is 5.52. The molecule has 0 spiro atoms. The minimum Gasteiger partial charge on any atom is -0.497 e. The van der Waals surface area contributed by atoms with Gasteiger partial charge in [0.05, 0.1) is 26.5 Å². The number of likely N-dealkylation sites (N-methyl/N-ethyl adjacent to an activating group) is 1. The van der Waals surface area contributed by atoms with Crippen LogP contribution in [0.25, 0.3) is 0 Å². The number of carbonyl (C=O) groups is 1. The van der Waals surface area contributed by atoms with Gasteiger partial charge in [0.1, 0.15) is 23.1 Å². The lowest BCUT2D eigenvalue weighted by Crippen LogP contribution is -2.30. The second-order valence-corrected chi connectivity index (χ2v) is 5.52. The minimum absolute atomic E-state index is 0.00510. The summed E-state index contributed by atoms with van der Waals surface area (Å²) < 4.78 is 37.2. The maximum Gasteiger partial charge on any atom is 0.238 e. The molecule has 0 aliphatic rings. The number of benzene rings is 2. The van der Waals surface area contributed by atoms with Crippen molar-refractivity contribution in [3.63, 3.8) is 0 Å². The molecule has 2 aromatic rings. The smallest absolute Gasteiger partial charge is 0.238 e. The van der Waals surface area contributed by atoms with Crippen LogP contribution in [0.4, 0.5) is 14.5 Å². The highest BCUT2D eigenvalue weighted by atomic mass is 19.1. The van der Waals surface area contributed by atoms with Crippen molar-refractivity contribution >= 4 is 11.6 Å². The Kier molecular flexibility index (Phi) is 6.30. The molecule has 0 radical (unpaired) electrons. The van der Waals surface area contributed by atoms with Gasteiger partial charge in [-0.1, -0.05) is 6.07 Å². The van der Waals surface area contributed by atoms with E-state index in [1.54, 1.807) is 38.3 Å². The van der Waals surface area contributed by atoms with Crippen LogP contribution in [0.15, 0.2) is 36.4 Å². The topological polar surface area (TPSA) is 50.8 Å². The Morgan fingerprint density at radius 3 is 2.56 bits per heavy atom. The summed E-state index contributed by atoms with van der Waals surface area (Å²) in [6.45, 7) is 0.442. The lowest BCUT2D eigenvalue weighted by Gasteiger charge is -2.18. The number of nitrogens with one attached hydrogen (secondary N) is 1. The maximum absolute atomic E-state index is 13.6. The second kappa shape index (κ2) is 8.43. The zero-order chi connectivity index (χ0) is 18.4. The predicted molar refractivity (Wildman–Crippen MR) is 90.9 cm³/mol. The van der Waals surface area contributed by atoms with E-state index in [2.05, 4.69) is 5.32 Å². The number of hydrogen-bond donors (Lipinski definition) is 1. The molecule has 0 aliphatic carbocycles. The van der Waals surface area contributed by atoms with Gasteiger partial charge in [-0.05, 0) is 25.2 Å². The van der Waals surface area contributed by atoms with E-state index < -0.39 is 17.5 Å². The third-order valence-corrected chi connectivity index (χ3v) is 3.55. The van der Waals surface area contributed by atoms with E-state index in [9.17, 15) is 13.6 Å². The average Bonchev–Trinajstić information content (AvgIpc) is 2.58. The fourth-order valence-corrected chi connectivity index (χ4v) is 2.36. The van der Waals surface area contributed by atoms with E-state index in [-0.39, 0.29) is 12.2 Å². The van der Waals surface area contributed by atoms with Crippen molar-refractivity contribution in [1.82, 2.24) is 4.90 Å². The van der Waals surface area contributed by atoms with Crippen molar-refractivity contribution < 1.29 is 23.0 Å². The number of amides is 1. The fourth-order valence-electron chi connectivity index (χ4n) is 2.36. The van der Waals surface area contributed by atoms with Crippen molar-refractivity contribution in [3.8, 4) is 11.5 Å². The van der Waals surface area contributed by atoms with E-state index in [1.807, 2.05) is 6.07 Å². The standard InChI is InChI=1S/C18H20F2N2O3/c1-22(10-12-4-6-14(24-2)9-17(12)25-3)11-18(23)21-16-8-13(19)5-7-15(16)20/h4-9H,10-11H2,1-3H3,(H,21,23). The molecule has 2 aromatic carbocycles. The van der Waals surface area contributed by atoms with Crippen LogP contribution in [0, 0.1) is 11.6 Å². The van der Waals surface area contributed by atoms with Crippen molar-refractivity contribution in [2.24, 2.45) is 0 Å². The van der Waals surface area contributed by atoms with E-state index in [0.29, 0.717) is 18.0 Å². The Bertz CT molecular complexity index is 753. The number of anilines is 1. The van der Waals surface area contributed by atoms with E-state index in [0.717, 1.165) is 23.8 Å². The summed E-state index contributed by atoms with van der Waals surface area (Å²) in [4.78, 5) is 13.8. The molecule has 7 heteroatoms. The Labute approximate surface area is 145 Å². The number of ether oxygens (including phenoxy) is 2. The highest BCUT2D eigenvalue weighted by Gasteiger charge is 2.13. The van der Waals surface area contributed by atoms with Crippen molar-refractivity contribution in [2.45, 2.75) is 6.54 Å². The van der Waals surface area contributed by atoms with Gasteiger partial charge in [-0.2, -0.15) is 0 Å². The molecule has 2 rings (SSSR count). The lowest BCUT2D eigenvalue weighted by atomic mass is 10.2. The third kappa shape index (κ3) is 5.15. The normalized spacial score (nSPS) is 10.6. The van der Waals surface area contributed by atoms with Crippen LogP contribution in [0.1, 0.15) is 5.56 Å². The zero-order valence-corrected chi connectivity index (χ0v) is 14.3.